The van der Waals surface area contributed by atoms with Crippen LogP contribution in [0.2, 0.25) is 0 Å². The zero-order chi connectivity index (χ0) is 23.7. The van der Waals surface area contributed by atoms with Gasteiger partial charge in [-0.2, -0.15) is 0 Å². The molecule has 1 saturated heterocycles. The average molecular weight is 327 g/mol. The normalized spacial score (nSPS) is 43.3. The van der Waals surface area contributed by atoms with Crippen molar-refractivity contribution in [3.05, 3.63) is 23.2 Å². The first-order valence-electron chi connectivity index (χ1n) is 11.8. The van der Waals surface area contributed by atoms with E-state index in [1.807, 2.05) is 0 Å². The molecule has 2 aliphatic heterocycles. The standard InChI is InChI=1S/C19H29NO3/c1-12(2)7-14-11-20-6-5-13-8-18(22-3)19(23-4)9-15(13)16(20)10-17(14)21/h8-9,12,14,16-17,21H,5-7,10-11H2,1-4H3/i8D,9D,10D2,11D2,14D,17D. The van der Waals surface area contributed by atoms with Crippen molar-refractivity contribution >= 4 is 0 Å². The molecule has 128 valence electrons. The van der Waals surface area contributed by atoms with Gasteiger partial charge in [-0.25, -0.2) is 0 Å². The van der Waals surface area contributed by atoms with Crippen molar-refractivity contribution in [3.8, 4) is 11.5 Å². The van der Waals surface area contributed by atoms with Gasteiger partial charge in [0, 0.05) is 25.9 Å². The maximum absolute atomic E-state index is 11.1. The van der Waals surface area contributed by atoms with Gasteiger partial charge in [-0.3, -0.25) is 4.90 Å². The van der Waals surface area contributed by atoms with Crippen LogP contribution in [0.3, 0.4) is 0 Å². The van der Waals surface area contributed by atoms with E-state index in [-0.39, 0.29) is 54.5 Å². The molecule has 0 bridgehead atoms. The molecule has 1 fully saturated rings. The summed E-state index contributed by atoms with van der Waals surface area (Å²) in [5, 5.41) is 11.1. The van der Waals surface area contributed by atoms with E-state index in [1.54, 1.807) is 13.8 Å². The van der Waals surface area contributed by atoms with Gasteiger partial charge in [-0.15, -0.1) is 0 Å². The second-order valence-corrected chi connectivity index (χ2v) is 6.24. The molecule has 2 heterocycles. The number of rotatable bonds is 4. The number of hydrogen-bond donors (Lipinski definition) is 1. The predicted octanol–water partition coefficient (Wildman–Crippen LogP) is 3.03. The summed E-state index contributed by atoms with van der Waals surface area (Å²) in [6.45, 7) is 0.825. The molecule has 2 aliphatic rings. The van der Waals surface area contributed by atoms with Gasteiger partial charge in [0.05, 0.1) is 24.4 Å². The third-order valence-corrected chi connectivity index (χ3v) is 4.09. The molecule has 1 aromatic rings. The summed E-state index contributed by atoms with van der Waals surface area (Å²) in [6.07, 6.45) is -6.07. The molecule has 0 amide bonds. The molecule has 0 aliphatic carbocycles. The van der Waals surface area contributed by atoms with E-state index in [2.05, 4.69) is 0 Å². The molecule has 1 N–H and O–H groups in total. The number of nitrogens with zero attached hydrogens (tertiary/aromatic N) is 1. The summed E-state index contributed by atoms with van der Waals surface area (Å²) >= 11 is 0. The molecule has 0 radical (unpaired) electrons. The van der Waals surface area contributed by atoms with E-state index >= 15 is 0 Å². The molecule has 0 saturated carbocycles. The Labute approximate surface area is 150 Å². The lowest BCUT2D eigenvalue weighted by Crippen LogP contribution is -2.48. The Kier molecular flexibility index (Phi) is 2.70. The first kappa shape index (κ1) is 9.28. The van der Waals surface area contributed by atoms with Crippen molar-refractivity contribution in [2.24, 2.45) is 11.8 Å². The molecule has 3 unspecified atom stereocenters. The van der Waals surface area contributed by atoms with Gasteiger partial charge >= 0.3 is 0 Å². The van der Waals surface area contributed by atoms with Gasteiger partial charge in [-0.1, -0.05) is 13.8 Å². The highest BCUT2D eigenvalue weighted by Gasteiger charge is 2.38. The van der Waals surface area contributed by atoms with Crippen molar-refractivity contribution in [2.45, 2.75) is 45.2 Å². The predicted molar refractivity (Wildman–Crippen MR) is 91.1 cm³/mol. The largest absolute Gasteiger partial charge is 0.493 e. The fourth-order valence-electron chi connectivity index (χ4n) is 3.01. The van der Waals surface area contributed by atoms with Crippen LogP contribution in [-0.2, 0) is 6.42 Å². The van der Waals surface area contributed by atoms with Crippen molar-refractivity contribution in [1.29, 1.82) is 0 Å². The van der Waals surface area contributed by atoms with E-state index in [9.17, 15) is 5.11 Å². The Morgan fingerprint density at radius 2 is 2.09 bits per heavy atom. The zero-order valence-electron chi connectivity index (χ0n) is 22.0. The van der Waals surface area contributed by atoms with E-state index < -0.39 is 30.9 Å². The van der Waals surface area contributed by atoms with Crippen molar-refractivity contribution < 1.29 is 25.5 Å². The lowest BCUT2D eigenvalue weighted by molar-refractivity contribution is -0.0191. The molecular formula is C19H29NO3. The topological polar surface area (TPSA) is 41.9 Å². The molecular weight excluding hydrogens is 290 g/mol. The van der Waals surface area contributed by atoms with Crippen molar-refractivity contribution in [1.82, 2.24) is 4.90 Å². The van der Waals surface area contributed by atoms with Crippen LogP contribution in [0.4, 0.5) is 0 Å². The highest BCUT2D eigenvalue weighted by atomic mass is 16.5. The Morgan fingerprint density at radius 3 is 2.74 bits per heavy atom. The molecule has 23 heavy (non-hydrogen) atoms. The smallest absolute Gasteiger partial charge is 0.161 e. The molecule has 4 nitrogen and oxygen atoms in total. The quantitative estimate of drug-likeness (QED) is 0.923. The summed E-state index contributed by atoms with van der Waals surface area (Å²) in [5.41, 5.74) is 0.278. The minimum Gasteiger partial charge on any atom is -0.493 e. The van der Waals surface area contributed by atoms with Gasteiger partial charge in [0.25, 0.3) is 0 Å². The number of benzene rings is 1. The molecule has 3 atom stereocenters. The van der Waals surface area contributed by atoms with Crippen LogP contribution in [0.15, 0.2) is 12.1 Å². The third-order valence-electron chi connectivity index (χ3n) is 4.09. The monoisotopic (exact) mass is 327 g/mol. The maximum Gasteiger partial charge on any atom is 0.161 e. The average Bonchev–Trinajstić information content (AvgIpc) is 2.67. The second-order valence-electron chi connectivity index (χ2n) is 6.24. The Morgan fingerprint density at radius 1 is 1.39 bits per heavy atom. The van der Waals surface area contributed by atoms with Crippen molar-refractivity contribution in [3.63, 3.8) is 0 Å². The van der Waals surface area contributed by atoms with Gasteiger partial charge in [0.15, 0.2) is 11.5 Å². The summed E-state index contributed by atoms with van der Waals surface area (Å²) < 4.78 is 80.0. The Hall–Kier alpha value is -1.26. The van der Waals surface area contributed by atoms with Crippen LogP contribution in [0, 0.1) is 11.8 Å². The molecule has 1 aromatic carbocycles. The summed E-state index contributed by atoms with van der Waals surface area (Å²) in [6, 6.07) is -1.94. The fraction of sp³-hybridized carbons (Fsp3) is 0.684. The van der Waals surface area contributed by atoms with Gasteiger partial charge in [-0.05, 0) is 54.2 Å². The van der Waals surface area contributed by atoms with Crippen LogP contribution in [0.5, 0.6) is 11.5 Å². The van der Waals surface area contributed by atoms with E-state index in [0.717, 1.165) is 4.90 Å². The van der Waals surface area contributed by atoms with Gasteiger partial charge < -0.3 is 14.6 Å². The first-order valence-corrected chi connectivity index (χ1v) is 7.84. The molecule has 0 aromatic heterocycles. The highest BCUT2D eigenvalue weighted by Crippen LogP contribution is 2.43. The summed E-state index contributed by atoms with van der Waals surface area (Å²) in [5.74, 6) is -2.84. The lowest BCUT2D eigenvalue weighted by atomic mass is 9.79. The van der Waals surface area contributed by atoms with Crippen LogP contribution < -0.4 is 9.47 Å². The van der Waals surface area contributed by atoms with Crippen LogP contribution in [0.1, 0.15) is 54.8 Å². The molecule has 4 heteroatoms. The SMILES string of the molecule is [2H]c1c2c(c([2H])c(OC)c1OC)C1N(CC2)C([2H])([2H])C([2H])(CC(C)C)C([2H])(O)C1([2H])[2H]. The zero-order valence-corrected chi connectivity index (χ0v) is 14.0. The third kappa shape index (κ3) is 3.20. The number of ether oxygens (including phenoxy) is 2. The molecule has 0 spiro atoms. The number of piperidine rings is 1. The first-order chi connectivity index (χ1) is 14.1. The summed E-state index contributed by atoms with van der Waals surface area (Å²) in [7, 11) is 2.62. The Bertz CT molecular complexity index is 892. The number of fused-ring (bicyclic) bond motifs is 3. The van der Waals surface area contributed by atoms with Crippen LogP contribution >= 0.6 is 0 Å². The molecule has 3 rings (SSSR count). The highest BCUT2D eigenvalue weighted by molar-refractivity contribution is 5.49. The van der Waals surface area contributed by atoms with E-state index in [1.165, 1.54) is 14.2 Å². The minimum atomic E-state index is -3.13. The summed E-state index contributed by atoms with van der Waals surface area (Å²) in [4.78, 5) is 1.14. The van der Waals surface area contributed by atoms with E-state index in [0.29, 0.717) is 5.56 Å². The number of hydrogen-bond acceptors (Lipinski definition) is 4. The van der Waals surface area contributed by atoms with Crippen molar-refractivity contribution in [2.75, 3.05) is 27.3 Å². The minimum absolute atomic E-state index is 0.0138. The lowest BCUT2D eigenvalue weighted by Gasteiger charge is -2.46. The van der Waals surface area contributed by atoms with Crippen LogP contribution in [0.25, 0.3) is 0 Å². The number of methoxy groups -OCH3 is 2. The fourth-order valence-corrected chi connectivity index (χ4v) is 3.01. The second kappa shape index (κ2) is 6.70. The number of aliphatic hydroxyl groups is 1. The van der Waals surface area contributed by atoms with E-state index in [4.69, 9.17) is 20.4 Å². The Balaban J connectivity index is 2.35. The maximum atomic E-state index is 11.1. The van der Waals surface area contributed by atoms with Crippen LogP contribution in [-0.4, -0.2) is 43.3 Å². The van der Waals surface area contributed by atoms with Gasteiger partial charge in [0.1, 0.15) is 0 Å². The van der Waals surface area contributed by atoms with Gasteiger partial charge in [0.2, 0.25) is 0 Å².